The second kappa shape index (κ2) is 5.52. The van der Waals surface area contributed by atoms with Crippen LogP contribution in [0.15, 0.2) is 47.1 Å². The zero-order valence-corrected chi connectivity index (χ0v) is 11.7. The molecule has 0 saturated carbocycles. The molecule has 2 aromatic rings. The minimum absolute atomic E-state index is 0.359. The molecule has 3 heteroatoms. The van der Waals surface area contributed by atoms with Gasteiger partial charge in [0.15, 0.2) is 0 Å². The Labute approximate surface area is 111 Å². The number of rotatable bonds is 4. The fourth-order valence-electron chi connectivity index (χ4n) is 1.81. The van der Waals surface area contributed by atoms with Gasteiger partial charge in [-0.2, -0.15) is 0 Å². The van der Waals surface area contributed by atoms with Gasteiger partial charge in [-0.25, -0.2) is 0 Å². The van der Waals surface area contributed by atoms with Gasteiger partial charge >= 0.3 is 0 Å². The van der Waals surface area contributed by atoms with Gasteiger partial charge in [0.05, 0.1) is 0 Å². The maximum atomic E-state index is 3.53. The van der Waals surface area contributed by atoms with Crippen LogP contribution in [0.2, 0.25) is 0 Å². The van der Waals surface area contributed by atoms with Crippen molar-refractivity contribution >= 4 is 15.9 Å². The van der Waals surface area contributed by atoms with E-state index in [1.165, 1.54) is 11.3 Å². The number of nitrogens with one attached hydrogen (secondary N) is 1. The largest absolute Gasteiger partial charge is 0.353 e. The fourth-order valence-corrected chi connectivity index (χ4v) is 2.07. The van der Waals surface area contributed by atoms with Crippen LogP contribution in [0.3, 0.4) is 0 Å². The van der Waals surface area contributed by atoms with E-state index in [9.17, 15) is 0 Å². The Bertz CT molecular complexity index is 473. The molecular weight excluding hydrogens is 276 g/mol. The molecule has 17 heavy (non-hydrogen) atoms. The monoisotopic (exact) mass is 292 g/mol. The molecule has 0 aliphatic carbocycles. The summed E-state index contributed by atoms with van der Waals surface area (Å²) in [6.45, 7) is 3.08. The van der Waals surface area contributed by atoms with Crippen molar-refractivity contribution in [3.8, 4) is 0 Å². The lowest BCUT2D eigenvalue weighted by Gasteiger charge is -2.14. The van der Waals surface area contributed by atoms with Crippen molar-refractivity contribution < 1.29 is 0 Å². The molecule has 0 spiro atoms. The molecule has 1 heterocycles. The lowest BCUT2D eigenvalue weighted by molar-refractivity contribution is 0.558. The summed E-state index contributed by atoms with van der Waals surface area (Å²) >= 11 is 3.45. The van der Waals surface area contributed by atoms with E-state index in [0.29, 0.717) is 6.04 Å². The molecule has 1 aromatic heterocycles. The number of aryl methyl sites for hydroxylation is 1. The predicted molar refractivity (Wildman–Crippen MR) is 74.8 cm³/mol. The minimum Gasteiger partial charge on any atom is -0.353 e. The SMILES string of the molecule is C[C@H](NCc1cccn1C)c1ccc(Br)cc1. The van der Waals surface area contributed by atoms with Crippen molar-refractivity contribution in [1.29, 1.82) is 0 Å². The van der Waals surface area contributed by atoms with E-state index >= 15 is 0 Å². The molecule has 0 fully saturated rings. The minimum atomic E-state index is 0.359. The third-order valence-electron chi connectivity index (χ3n) is 3.01. The Morgan fingerprint density at radius 1 is 1.24 bits per heavy atom. The van der Waals surface area contributed by atoms with Gasteiger partial charge in [-0.05, 0) is 36.8 Å². The highest BCUT2D eigenvalue weighted by molar-refractivity contribution is 9.10. The van der Waals surface area contributed by atoms with E-state index in [1.54, 1.807) is 0 Å². The van der Waals surface area contributed by atoms with Gasteiger partial charge < -0.3 is 9.88 Å². The van der Waals surface area contributed by atoms with E-state index in [-0.39, 0.29) is 0 Å². The highest BCUT2D eigenvalue weighted by Gasteiger charge is 2.05. The maximum absolute atomic E-state index is 3.53. The zero-order chi connectivity index (χ0) is 12.3. The lowest BCUT2D eigenvalue weighted by atomic mass is 10.1. The molecule has 0 saturated heterocycles. The molecule has 90 valence electrons. The Balaban J connectivity index is 1.95. The molecular formula is C14H17BrN2. The van der Waals surface area contributed by atoms with Crippen LogP contribution in [0, 0.1) is 0 Å². The molecule has 0 bridgehead atoms. The topological polar surface area (TPSA) is 17.0 Å². The second-order valence-corrected chi connectivity index (χ2v) is 5.18. The van der Waals surface area contributed by atoms with Crippen molar-refractivity contribution in [3.05, 3.63) is 58.3 Å². The summed E-state index contributed by atoms with van der Waals surface area (Å²) in [7, 11) is 2.07. The van der Waals surface area contributed by atoms with Crippen molar-refractivity contribution in [2.45, 2.75) is 19.5 Å². The molecule has 1 atom stereocenters. The summed E-state index contributed by atoms with van der Waals surface area (Å²) in [4.78, 5) is 0. The van der Waals surface area contributed by atoms with Gasteiger partial charge in [0.1, 0.15) is 0 Å². The number of aromatic nitrogens is 1. The summed E-state index contributed by atoms with van der Waals surface area (Å²) in [5.41, 5.74) is 2.61. The van der Waals surface area contributed by atoms with E-state index in [2.05, 4.69) is 82.4 Å². The summed E-state index contributed by atoms with van der Waals surface area (Å²) < 4.78 is 3.26. The third kappa shape index (κ3) is 3.20. The number of hydrogen-bond donors (Lipinski definition) is 1. The van der Waals surface area contributed by atoms with E-state index in [1.807, 2.05) is 0 Å². The van der Waals surface area contributed by atoms with E-state index in [4.69, 9.17) is 0 Å². The Morgan fingerprint density at radius 2 is 1.94 bits per heavy atom. The van der Waals surface area contributed by atoms with Crippen LogP contribution in [0.25, 0.3) is 0 Å². The molecule has 0 aliphatic rings. The van der Waals surface area contributed by atoms with Crippen LogP contribution in [-0.2, 0) is 13.6 Å². The van der Waals surface area contributed by atoms with Gasteiger partial charge in [0, 0.05) is 36.0 Å². The summed E-state index contributed by atoms with van der Waals surface area (Å²) in [5.74, 6) is 0. The molecule has 1 aromatic carbocycles. The highest BCUT2D eigenvalue weighted by atomic mass is 79.9. The smallest absolute Gasteiger partial charge is 0.0364 e. The molecule has 0 radical (unpaired) electrons. The predicted octanol–water partition coefficient (Wildman–Crippen LogP) is 3.64. The first-order valence-corrected chi connectivity index (χ1v) is 6.55. The number of hydrogen-bond acceptors (Lipinski definition) is 1. The molecule has 2 rings (SSSR count). The summed E-state index contributed by atoms with van der Waals surface area (Å²) in [6.07, 6.45) is 2.07. The summed E-state index contributed by atoms with van der Waals surface area (Å²) in [6, 6.07) is 13.0. The Hall–Kier alpha value is -1.06. The first-order chi connectivity index (χ1) is 8.16. The van der Waals surface area contributed by atoms with E-state index < -0.39 is 0 Å². The number of halogens is 1. The van der Waals surface area contributed by atoms with Gasteiger partial charge in [-0.3, -0.25) is 0 Å². The average molecular weight is 293 g/mol. The average Bonchev–Trinajstić information content (AvgIpc) is 2.73. The van der Waals surface area contributed by atoms with Crippen molar-refractivity contribution in [1.82, 2.24) is 9.88 Å². The quantitative estimate of drug-likeness (QED) is 0.910. The van der Waals surface area contributed by atoms with Gasteiger partial charge in [0.25, 0.3) is 0 Å². The van der Waals surface area contributed by atoms with Crippen molar-refractivity contribution in [2.75, 3.05) is 0 Å². The third-order valence-corrected chi connectivity index (χ3v) is 3.54. The molecule has 0 amide bonds. The molecule has 2 nitrogen and oxygen atoms in total. The number of benzene rings is 1. The first kappa shape index (κ1) is 12.4. The van der Waals surface area contributed by atoms with Crippen LogP contribution < -0.4 is 5.32 Å². The Kier molecular flexibility index (Phi) is 4.02. The Morgan fingerprint density at radius 3 is 2.53 bits per heavy atom. The fraction of sp³-hybridized carbons (Fsp3) is 0.286. The second-order valence-electron chi connectivity index (χ2n) is 4.26. The summed E-state index contributed by atoms with van der Waals surface area (Å²) in [5, 5.41) is 3.53. The van der Waals surface area contributed by atoms with Gasteiger partial charge in [-0.1, -0.05) is 28.1 Å². The lowest BCUT2D eigenvalue weighted by Crippen LogP contribution is -2.19. The highest BCUT2D eigenvalue weighted by Crippen LogP contribution is 2.16. The first-order valence-electron chi connectivity index (χ1n) is 5.76. The normalized spacial score (nSPS) is 12.6. The van der Waals surface area contributed by atoms with Crippen LogP contribution in [0.4, 0.5) is 0 Å². The van der Waals surface area contributed by atoms with Crippen LogP contribution in [-0.4, -0.2) is 4.57 Å². The standard InChI is InChI=1S/C14H17BrN2/c1-11(12-5-7-13(15)8-6-12)16-10-14-4-3-9-17(14)2/h3-9,11,16H,10H2,1-2H3/t11-/m0/s1. The molecule has 0 aliphatic heterocycles. The van der Waals surface area contributed by atoms with Crippen LogP contribution in [0.1, 0.15) is 24.2 Å². The van der Waals surface area contributed by atoms with Crippen molar-refractivity contribution in [2.24, 2.45) is 7.05 Å². The maximum Gasteiger partial charge on any atom is 0.0364 e. The van der Waals surface area contributed by atoms with Crippen molar-refractivity contribution in [3.63, 3.8) is 0 Å². The van der Waals surface area contributed by atoms with E-state index in [0.717, 1.165) is 11.0 Å². The molecule has 1 N–H and O–H groups in total. The van der Waals surface area contributed by atoms with Gasteiger partial charge in [0.2, 0.25) is 0 Å². The van der Waals surface area contributed by atoms with Crippen LogP contribution in [0.5, 0.6) is 0 Å². The zero-order valence-electron chi connectivity index (χ0n) is 10.2. The number of nitrogens with zero attached hydrogens (tertiary/aromatic N) is 1. The van der Waals surface area contributed by atoms with Gasteiger partial charge in [-0.15, -0.1) is 0 Å². The molecule has 0 unspecified atom stereocenters. The van der Waals surface area contributed by atoms with Crippen LogP contribution >= 0.6 is 15.9 Å².